The predicted octanol–water partition coefficient (Wildman–Crippen LogP) is 3.38. The Labute approximate surface area is 119 Å². The van der Waals surface area contributed by atoms with Gasteiger partial charge in [0, 0.05) is 17.6 Å². The van der Waals surface area contributed by atoms with Gasteiger partial charge in [-0.15, -0.1) is 11.3 Å². The van der Waals surface area contributed by atoms with Crippen molar-refractivity contribution in [2.75, 3.05) is 5.73 Å². The molecular formula is C13H14N4S2. The summed E-state index contributed by atoms with van der Waals surface area (Å²) >= 11 is 3.30. The van der Waals surface area contributed by atoms with Crippen LogP contribution >= 0.6 is 23.1 Å². The molecule has 0 amide bonds. The smallest absolute Gasteiger partial charge is 0.0987 e. The molecule has 0 saturated carbocycles. The summed E-state index contributed by atoms with van der Waals surface area (Å²) in [5.41, 5.74) is 8.94. The number of fused-ring (bicyclic) bond motifs is 1. The van der Waals surface area contributed by atoms with E-state index in [1.807, 2.05) is 31.6 Å². The van der Waals surface area contributed by atoms with Gasteiger partial charge in [0.2, 0.25) is 0 Å². The Balaban J connectivity index is 2.04. The molecule has 0 aliphatic heterocycles. The summed E-state index contributed by atoms with van der Waals surface area (Å²) in [6.45, 7) is 4.00. The third-order valence-corrected chi connectivity index (χ3v) is 4.90. The van der Waals surface area contributed by atoms with E-state index in [-0.39, 0.29) is 0 Å². The molecule has 0 unspecified atom stereocenters. The molecule has 1 aromatic carbocycles. The molecule has 0 saturated heterocycles. The number of nitrogens with two attached hydrogens (primary N) is 1. The maximum atomic E-state index is 6.13. The van der Waals surface area contributed by atoms with E-state index in [2.05, 4.69) is 22.2 Å². The van der Waals surface area contributed by atoms with E-state index in [9.17, 15) is 0 Å². The molecule has 0 aliphatic carbocycles. The summed E-state index contributed by atoms with van der Waals surface area (Å²) in [5, 5.41) is 6.49. The van der Waals surface area contributed by atoms with Crippen LogP contribution in [0.5, 0.6) is 0 Å². The van der Waals surface area contributed by atoms with Gasteiger partial charge in [0.25, 0.3) is 0 Å². The minimum atomic E-state index is 0.792. The van der Waals surface area contributed by atoms with Gasteiger partial charge >= 0.3 is 0 Å². The van der Waals surface area contributed by atoms with Crippen molar-refractivity contribution < 1.29 is 0 Å². The van der Waals surface area contributed by atoms with Gasteiger partial charge in [0.1, 0.15) is 0 Å². The standard InChI is InChI=1S/C13H14N4S2/c1-7-4-13(17(3)16-7)19-11-6-10-12(5-9(11)14)18-8(2)15-10/h4-6H,14H2,1-3H3. The first-order valence-electron chi connectivity index (χ1n) is 5.88. The van der Waals surface area contributed by atoms with E-state index < -0.39 is 0 Å². The van der Waals surface area contributed by atoms with E-state index in [0.717, 1.165) is 36.5 Å². The van der Waals surface area contributed by atoms with Crippen molar-refractivity contribution in [1.29, 1.82) is 0 Å². The number of hydrogen-bond donors (Lipinski definition) is 1. The minimum Gasteiger partial charge on any atom is -0.398 e. The van der Waals surface area contributed by atoms with E-state index in [1.54, 1.807) is 23.1 Å². The Morgan fingerprint density at radius 3 is 2.74 bits per heavy atom. The number of hydrogen-bond acceptors (Lipinski definition) is 5. The molecule has 0 bridgehead atoms. The zero-order valence-corrected chi connectivity index (χ0v) is 12.6. The van der Waals surface area contributed by atoms with Crippen LogP contribution in [0.1, 0.15) is 10.7 Å². The highest BCUT2D eigenvalue weighted by molar-refractivity contribution is 7.99. The highest BCUT2D eigenvalue weighted by Gasteiger charge is 2.10. The Bertz CT molecular complexity index is 757. The lowest BCUT2D eigenvalue weighted by Crippen LogP contribution is -1.94. The van der Waals surface area contributed by atoms with Gasteiger partial charge in [-0.3, -0.25) is 4.68 Å². The van der Waals surface area contributed by atoms with Crippen molar-refractivity contribution in [2.45, 2.75) is 23.8 Å². The third-order valence-electron chi connectivity index (χ3n) is 2.80. The van der Waals surface area contributed by atoms with Gasteiger partial charge in [-0.1, -0.05) is 11.8 Å². The van der Waals surface area contributed by atoms with Gasteiger partial charge in [0.05, 0.1) is 25.9 Å². The van der Waals surface area contributed by atoms with Gasteiger partial charge < -0.3 is 5.73 Å². The van der Waals surface area contributed by atoms with Crippen LogP contribution in [0.2, 0.25) is 0 Å². The van der Waals surface area contributed by atoms with Gasteiger partial charge in [-0.05, 0) is 32.0 Å². The molecule has 0 radical (unpaired) electrons. The second kappa shape index (κ2) is 4.54. The van der Waals surface area contributed by atoms with Gasteiger partial charge in [-0.2, -0.15) is 5.10 Å². The van der Waals surface area contributed by atoms with Crippen LogP contribution in [0.25, 0.3) is 10.2 Å². The molecule has 3 aromatic rings. The number of thiazole rings is 1. The van der Waals surface area contributed by atoms with Gasteiger partial charge in [-0.25, -0.2) is 4.98 Å². The minimum absolute atomic E-state index is 0.792. The second-order valence-corrected chi connectivity index (χ2v) is 6.74. The summed E-state index contributed by atoms with van der Waals surface area (Å²) in [4.78, 5) is 5.54. The average molecular weight is 290 g/mol. The molecule has 3 rings (SSSR count). The van der Waals surface area contributed by atoms with Crippen LogP contribution in [0.4, 0.5) is 5.69 Å². The second-order valence-electron chi connectivity index (χ2n) is 4.44. The Kier molecular flexibility index (Phi) is 2.99. The number of aromatic nitrogens is 3. The van der Waals surface area contributed by atoms with E-state index in [0.29, 0.717) is 0 Å². The van der Waals surface area contributed by atoms with E-state index in [1.165, 1.54) is 0 Å². The van der Waals surface area contributed by atoms with Crippen molar-refractivity contribution >= 4 is 39.0 Å². The summed E-state index contributed by atoms with van der Waals surface area (Å²) < 4.78 is 3.01. The molecule has 6 heteroatoms. The van der Waals surface area contributed by atoms with E-state index >= 15 is 0 Å². The summed E-state index contributed by atoms with van der Waals surface area (Å²) in [6, 6.07) is 6.12. The Morgan fingerprint density at radius 2 is 2.05 bits per heavy atom. The van der Waals surface area contributed by atoms with Crippen molar-refractivity contribution in [3.8, 4) is 0 Å². The first-order valence-corrected chi connectivity index (χ1v) is 7.51. The Hall–Kier alpha value is -1.53. The zero-order valence-electron chi connectivity index (χ0n) is 11.0. The van der Waals surface area contributed by atoms with Crippen molar-refractivity contribution in [3.63, 3.8) is 0 Å². The molecule has 0 spiro atoms. The van der Waals surface area contributed by atoms with Crippen LogP contribution in [0.15, 0.2) is 28.1 Å². The molecule has 0 atom stereocenters. The number of anilines is 1. The van der Waals surface area contributed by atoms with Gasteiger partial charge in [0.15, 0.2) is 0 Å². The van der Waals surface area contributed by atoms with Crippen LogP contribution in [-0.4, -0.2) is 14.8 Å². The fraction of sp³-hybridized carbons (Fsp3) is 0.231. The Morgan fingerprint density at radius 1 is 1.26 bits per heavy atom. The highest BCUT2D eigenvalue weighted by atomic mass is 32.2. The predicted molar refractivity (Wildman–Crippen MR) is 80.8 cm³/mol. The van der Waals surface area contributed by atoms with Crippen LogP contribution < -0.4 is 5.73 Å². The zero-order chi connectivity index (χ0) is 13.6. The fourth-order valence-electron chi connectivity index (χ4n) is 1.97. The quantitative estimate of drug-likeness (QED) is 0.735. The number of aryl methyl sites for hydroxylation is 3. The molecule has 0 fully saturated rings. The first-order chi connectivity index (χ1) is 9.02. The van der Waals surface area contributed by atoms with Crippen molar-refractivity contribution in [3.05, 3.63) is 28.9 Å². The average Bonchev–Trinajstić information content (AvgIpc) is 2.81. The van der Waals surface area contributed by atoms with E-state index in [4.69, 9.17) is 5.73 Å². The lowest BCUT2D eigenvalue weighted by Gasteiger charge is -2.05. The SMILES string of the molecule is Cc1cc(Sc2cc3nc(C)sc3cc2N)n(C)n1. The van der Waals surface area contributed by atoms with Crippen LogP contribution in [0, 0.1) is 13.8 Å². The lowest BCUT2D eigenvalue weighted by molar-refractivity contribution is 0.692. The largest absolute Gasteiger partial charge is 0.398 e. The number of benzene rings is 1. The maximum Gasteiger partial charge on any atom is 0.0987 e. The number of rotatable bonds is 2. The number of nitrogens with zero attached hydrogens (tertiary/aromatic N) is 3. The maximum absolute atomic E-state index is 6.13. The highest BCUT2D eigenvalue weighted by Crippen LogP contribution is 2.36. The lowest BCUT2D eigenvalue weighted by atomic mass is 10.3. The molecule has 2 aromatic heterocycles. The molecule has 0 aliphatic rings. The molecule has 4 nitrogen and oxygen atoms in total. The van der Waals surface area contributed by atoms with Crippen molar-refractivity contribution in [1.82, 2.24) is 14.8 Å². The monoisotopic (exact) mass is 290 g/mol. The first kappa shape index (κ1) is 12.5. The summed E-state index contributed by atoms with van der Waals surface area (Å²) in [5.74, 6) is 0. The molecule has 98 valence electrons. The molecule has 2 heterocycles. The summed E-state index contributed by atoms with van der Waals surface area (Å²) in [7, 11) is 1.94. The van der Waals surface area contributed by atoms with Crippen LogP contribution in [-0.2, 0) is 7.05 Å². The number of nitrogen functional groups attached to an aromatic ring is 1. The third kappa shape index (κ3) is 2.33. The van der Waals surface area contributed by atoms with Crippen molar-refractivity contribution in [2.24, 2.45) is 7.05 Å². The fourth-order valence-corrected chi connectivity index (χ4v) is 3.80. The molecule has 19 heavy (non-hydrogen) atoms. The van der Waals surface area contributed by atoms with Crippen LogP contribution in [0.3, 0.4) is 0 Å². The normalized spacial score (nSPS) is 11.3. The topological polar surface area (TPSA) is 56.7 Å². The molecule has 2 N–H and O–H groups in total. The molecular weight excluding hydrogens is 276 g/mol. The summed E-state index contributed by atoms with van der Waals surface area (Å²) in [6.07, 6.45) is 0.